The van der Waals surface area contributed by atoms with E-state index in [9.17, 15) is 9.59 Å². The van der Waals surface area contributed by atoms with Crippen molar-refractivity contribution in [1.82, 2.24) is 10.2 Å². The highest BCUT2D eigenvalue weighted by Gasteiger charge is 2.43. The molecule has 6 heteroatoms. The van der Waals surface area contributed by atoms with Crippen molar-refractivity contribution in [3.63, 3.8) is 0 Å². The Kier molecular flexibility index (Phi) is 5.60. The fourth-order valence-electron chi connectivity index (χ4n) is 3.02. The molecule has 1 heterocycles. The molecule has 1 aliphatic heterocycles. The van der Waals surface area contributed by atoms with E-state index >= 15 is 0 Å². The first-order chi connectivity index (χ1) is 11.6. The summed E-state index contributed by atoms with van der Waals surface area (Å²) < 4.78 is 10.7. The molecule has 0 spiro atoms. The van der Waals surface area contributed by atoms with Crippen LogP contribution in [0.4, 0.5) is 9.59 Å². The van der Waals surface area contributed by atoms with Crippen molar-refractivity contribution < 1.29 is 19.1 Å². The number of hydrogen-bond donors (Lipinski definition) is 1. The molecule has 0 radical (unpaired) electrons. The van der Waals surface area contributed by atoms with Gasteiger partial charge in [-0.05, 0) is 46.6 Å². The van der Waals surface area contributed by atoms with Gasteiger partial charge in [-0.3, -0.25) is 0 Å². The molecule has 2 atom stereocenters. The maximum absolute atomic E-state index is 12.3. The van der Waals surface area contributed by atoms with Gasteiger partial charge < -0.3 is 19.7 Å². The Hall–Kier alpha value is -2.24. The first kappa shape index (κ1) is 19.1. The number of nitrogens with one attached hydrogen (secondary N) is 1. The average molecular weight is 348 g/mol. The summed E-state index contributed by atoms with van der Waals surface area (Å²) in [6.45, 7) is 9.99. The maximum Gasteiger partial charge on any atom is 0.410 e. The molecule has 0 bridgehead atoms. The smallest absolute Gasteiger partial charge is 0.410 e. The van der Waals surface area contributed by atoms with Crippen molar-refractivity contribution in [2.45, 2.75) is 64.8 Å². The average Bonchev–Trinajstić information content (AvgIpc) is 2.79. The zero-order chi connectivity index (χ0) is 18.7. The Morgan fingerprint density at radius 3 is 2.52 bits per heavy atom. The van der Waals surface area contributed by atoms with E-state index in [1.165, 1.54) is 0 Å². The minimum atomic E-state index is -0.544. The second kappa shape index (κ2) is 7.33. The Morgan fingerprint density at radius 1 is 1.28 bits per heavy atom. The van der Waals surface area contributed by atoms with Crippen LogP contribution in [0.2, 0.25) is 0 Å². The zero-order valence-electron chi connectivity index (χ0n) is 15.7. The molecule has 0 saturated carbocycles. The number of ether oxygens (including phenoxy) is 2. The molecule has 2 amide bonds. The molecule has 2 rings (SSSR count). The van der Waals surface area contributed by atoms with E-state index in [4.69, 9.17) is 9.47 Å². The second-order valence-corrected chi connectivity index (χ2v) is 7.91. The molecule has 1 N–H and O–H groups in total. The van der Waals surface area contributed by atoms with Gasteiger partial charge in [0.15, 0.2) is 0 Å². The lowest BCUT2D eigenvalue weighted by molar-refractivity contribution is 0.0227. The van der Waals surface area contributed by atoms with Gasteiger partial charge >= 0.3 is 12.2 Å². The van der Waals surface area contributed by atoms with Crippen LogP contribution in [-0.4, -0.2) is 40.8 Å². The molecule has 0 aromatic heterocycles. The van der Waals surface area contributed by atoms with Crippen LogP contribution in [0, 0.1) is 0 Å². The Balaban J connectivity index is 1.89. The lowest BCUT2D eigenvalue weighted by Crippen LogP contribution is -2.49. The third-order valence-corrected chi connectivity index (χ3v) is 4.04. The molecule has 2 unspecified atom stereocenters. The third kappa shape index (κ3) is 5.66. The zero-order valence-corrected chi connectivity index (χ0v) is 15.7. The summed E-state index contributed by atoms with van der Waals surface area (Å²) in [5.41, 5.74) is -0.153. The Bertz CT molecular complexity index is 612. The van der Waals surface area contributed by atoms with Crippen LogP contribution >= 0.6 is 0 Å². The van der Waals surface area contributed by atoms with E-state index in [2.05, 4.69) is 5.32 Å². The van der Waals surface area contributed by atoms with Gasteiger partial charge in [0.1, 0.15) is 12.2 Å². The predicted molar refractivity (Wildman–Crippen MR) is 95.2 cm³/mol. The highest BCUT2D eigenvalue weighted by Crippen LogP contribution is 2.28. The van der Waals surface area contributed by atoms with Gasteiger partial charge in [-0.15, -0.1) is 0 Å². The van der Waals surface area contributed by atoms with Gasteiger partial charge in [-0.2, -0.15) is 0 Å². The minimum Gasteiger partial charge on any atom is -0.445 e. The maximum atomic E-state index is 12.3. The van der Waals surface area contributed by atoms with E-state index in [1.54, 1.807) is 4.90 Å². The van der Waals surface area contributed by atoms with Crippen LogP contribution < -0.4 is 5.32 Å². The van der Waals surface area contributed by atoms with E-state index < -0.39 is 17.2 Å². The molecule has 138 valence electrons. The van der Waals surface area contributed by atoms with Crippen molar-refractivity contribution in [2.24, 2.45) is 0 Å². The first-order valence-corrected chi connectivity index (χ1v) is 8.56. The SMILES string of the molecule is CC1CC(C)(NC(=O)OCc2ccccc2)CN1C(=O)OC(C)(C)C. The van der Waals surface area contributed by atoms with Crippen LogP contribution in [0.3, 0.4) is 0 Å². The topological polar surface area (TPSA) is 67.9 Å². The quantitative estimate of drug-likeness (QED) is 0.904. The Morgan fingerprint density at radius 2 is 1.92 bits per heavy atom. The second-order valence-electron chi connectivity index (χ2n) is 7.91. The fraction of sp³-hybridized carbons (Fsp3) is 0.579. The highest BCUT2D eigenvalue weighted by atomic mass is 16.6. The number of amides is 2. The molecular weight excluding hydrogens is 320 g/mol. The number of carbonyl (C=O) groups is 2. The molecule has 1 saturated heterocycles. The van der Waals surface area contributed by atoms with Crippen LogP contribution in [0.1, 0.15) is 46.6 Å². The van der Waals surface area contributed by atoms with Gasteiger partial charge in [0.2, 0.25) is 0 Å². The summed E-state index contributed by atoms with van der Waals surface area (Å²) in [6.07, 6.45) is -0.195. The van der Waals surface area contributed by atoms with Crippen molar-refractivity contribution >= 4 is 12.2 Å². The number of alkyl carbamates (subject to hydrolysis) is 1. The molecule has 1 aromatic rings. The van der Waals surface area contributed by atoms with Crippen molar-refractivity contribution in [1.29, 1.82) is 0 Å². The van der Waals surface area contributed by atoms with Gasteiger partial charge in [0.05, 0.1) is 5.54 Å². The van der Waals surface area contributed by atoms with E-state index in [0.717, 1.165) is 5.56 Å². The van der Waals surface area contributed by atoms with Crippen LogP contribution in [0.25, 0.3) is 0 Å². The Labute approximate surface area is 149 Å². The van der Waals surface area contributed by atoms with Crippen molar-refractivity contribution in [3.05, 3.63) is 35.9 Å². The summed E-state index contributed by atoms with van der Waals surface area (Å²) in [6, 6.07) is 9.49. The summed E-state index contributed by atoms with van der Waals surface area (Å²) in [5.74, 6) is 0. The summed E-state index contributed by atoms with van der Waals surface area (Å²) in [5, 5.41) is 2.89. The molecule has 1 aliphatic rings. The predicted octanol–water partition coefficient (Wildman–Crippen LogP) is 3.70. The normalized spacial score (nSPS) is 23.2. The fourth-order valence-corrected chi connectivity index (χ4v) is 3.02. The van der Waals surface area contributed by atoms with E-state index in [1.807, 2.05) is 65.0 Å². The van der Waals surface area contributed by atoms with Crippen molar-refractivity contribution in [3.8, 4) is 0 Å². The third-order valence-electron chi connectivity index (χ3n) is 4.04. The number of rotatable bonds is 3. The molecule has 0 aliphatic carbocycles. The van der Waals surface area contributed by atoms with Gasteiger partial charge in [-0.25, -0.2) is 9.59 Å². The standard InChI is InChI=1S/C19H28N2O4/c1-14-11-19(5,13-21(14)17(23)25-18(2,3)4)20-16(22)24-12-15-9-7-6-8-10-15/h6-10,14H,11-13H2,1-5H3,(H,20,22). The lowest BCUT2D eigenvalue weighted by atomic mass is 9.99. The number of hydrogen-bond acceptors (Lipinski definition) is 4. The molecule has 1 aromatic carbocycles. The molecule has 1 fully saturated rings. The monoisotopic (exact) mass is 348 g/mol. The number of nitrogens with zero attached hydrogens (tertiary/aromatic N) is 1. The highest BCUT2D eigenvalue weighted by molar-refractivity contribution is 5.71. The summed E-state index contributed by atoms with van der Waals surface area (Å²) in [7, 11) is 0. The number of benzene rings is 1. The van der Waals surface area contributed by atoms with Crippen LogP contribution in [0.15, 0.2) is 30.3 Å². The summed E-state index contributed by atoms with van der Waals surface area (Å²) >= 11 is 0. The minimum absolute atomic E-state index is 0.0192. The molecular formula is C19H28N2O4. The number of likely N-dealkylation sites (tertiary alicyclic amines) is 1. The van der Waals surface area contributed by atoms with Gasteiger partial charge in [0.25, 0.3) is 0 Å². The van der Waals surface area contributed by atoms with Gasteiger partial charge in [-0.1, -0.05) is 30.3 Å². The van der Waals surface area contributed by atoms with E-state index in [-0.39, 0.29) is 18.7 Å². The lowest BCUT2D eigenvalue weighted by Gasteiger charge is -2.28. The molecule has 25 heavy (non-hydrogen) atoms. The van der Waals surface area contributed by atoms with Crippen LogP contribution in [0.5, 0.6) is 0 Å². The largest absolute Gasteiger partial charge is 0.445 e. The number of carbonyl (C=O) groups excluding carboxylic acids is 2. The first-order valence-electron chi connectivity index (χ1n) is 8.56. The van der Waals surface area contributed by atoms with Crippen LogP contribution in [-0.2, 0) is 16.1 Å². The van der Waals surface area contributed by atoms with Gasteiger partial charge in [0, 0.05) is 12.6 Å². The molecule has 6 nitrogen and oxygen atoms in total. The van der Waals surface area contributed by atoms with E-state index in [0.29, 0.717) is 13.0 Å². The summed E-state index contributed by atoms with van der Waals surface area (Å²) in [4.78, 5) is 26.1. The van der Waals surface area contributed by atoms with Crippen molar-refractivity contribution in [2.75, 3.05) is 6.54 Å².